The second kappa shape index (κ2) is 5.19. The monoisotopic (exact) mass is 327 g/mol. The molecule has 1 unspecified atom stereocenters. The third-order valence-electron chi connectivity index (χ3n) is 3.34. The van der Waals surface area contributed by atoms with E-state index in [-0.39, 0.29) is 19.1 Å². The fourth-order valence-electron chi connectivity index (χ4n) is 2.42. The first kappa shape index (κ1) is 14.7. The quantitative estimate of drug-likeness (QED) is 0.529. The molecular weight excluding hydrogens is 316 g/mol. The van der Waals surface area contributed by atoms with Crippen molar-refractivity contribution in [2.75, 3.05) is 20.2 Å². The van der Waals surface area contributed by atoms with E-state index in [1.807, 2.05) is 0 Å². The van der Waals surface area contributed by atoms with Crippen LogP contribution in [0.1, 0.15) is 5.56 Å². The molecule has 1 saturated heterocycles. The second-order valence-electron chi connectivity index (χ2n) is 4.63. The molecular formula is C11H11N4O6S-. The summed E-state index contributed by atoms with van der Waals surface area (Å²) in [5, 5.41) is 0.575. The zero-order valence-electron chi connectivity index (χ0n) is 11.4. The maximum Gasteiger partial charge on any atom is 0.346 e. The Kier molecular flexibility index (Phi) is 3.47. The van der Waals surface area contributed by atoms with Gasteiger partial charge in [0.1, 0.15) is 6.04 Å². The molecule has 0 aliphatic carbocycles. The molecule has 3 rings (SSSR count). The number of aromatic nitrogens is 2. The molecule has 2 bridgehead atoms. The highest BCUT2D eigenvalue weighted by molar-refractivity contribution is 7.80. The van der Waals surface area contributed by atoms with E-state index in [0.717, 1.165) is 0 Å². The van der Waals surface area contributed by atoms with Crippen LogP contribution < -0.4 is 4.74 Å². The van der Waals surface area contributed by atoms with Crippen LogP contribution in [0.4, 0.5) is 4.79 Å². The standard InChI is InChI=1S/C11H12N4O6S/c1-20-10-12-4-7(5-13-10)8-2-3-14-6-9(8)15(11(14)16)21-22(17,18)19/h2,4-5,9H,3,6H2,1H3,(H,17,18,19)/p-1. The van der Waals surface area contributed by atoms with E-state index in [9.17, 15) is 17.8 Å². The number of rotatable bonds is 4. The summed E-state index contributed by atoms with van der Waals surface area (Å²) >= 11 is 0. The minimum absolute atomic E-state index is 0.180. The van der Waals surface area contributed by atoms with Crippen LogP contribution in [-0.2, 0) is 14.7 Å². The van der Waals surface area contributed by atoms with Crippen LogP contribution in [-0.4, -0.2) is 65.2 Å². The summed E-state index contributed by atoms with van der Waals surface area (Å²) in [6.45, 7) is 0.488. The van der Waals surface area contributed by atoms with Crippen LogP contribution >= 0.6 is 0 Å². The molecule has 11 heteroatoms. The van der Waals surface area contributed by atoms with Gasteiger partial charge in [0.05, 0.1) is 13.7 Å². The van der Waals surface area contributed by atoms with Crippen molar-refractivity contribution in [1.29, 1.82) is 0 Å². The molecule has 0 spiro atoms. The molecule has 2 aliphatic rings. The van der Waals surface area contributed by atoms with Crippen molar-refractivity contribution in [3.63, 3.8) is 0 Å². The molecule has 10 nitrogen and oxygen atoms in total. The highest BCUT2D eigenvalue weighted by atomic mass is 32.3. The largest absolute Gasteiger partial charge is 0.724 e. The van der Waals surface area contributed by atoms with E-state index < -0.39 is 22.5 Å². The number of hydrogen-bond donors (Lipinski definition) is 0. The average Bonchev–Trinajstić information content (AvgIpc) is 2.71. The zero-order chi connectivity index (χ0) is 15.9. The number of fused-ring (bicyclic) bond motifs is 2. The SMILES string of the molecule is COc1ncc(C2=CCN3CC2N(OS(=O)(=O)[O-])C3=O)cn1. The molecule has 0 saturated carbocycles. The lowest BCUT2D eigenvalue weighted by atomic mass is 9.99. The van der Waals surface area contributed by atoms with Crippen molar-refractivity contribution in [2.45, 2.75) is 6.04 Å². The summed E-state index contributed by atoms with van der Waals surface area (Å²) in [4.78, 5) is 21.3. The lowest BCUT2D eigenvalue weighted by Crippen LogP contribution is -2.36. The Morgan fingerprint density at radius 3 is 2.64 bits per heavy atom. The number of ether oxygens (including phenoxy) is 1. The molecule has 1 aromatic rings. The number of hydrogen-bond acceptors (Lipinski definition) is 8. The van der Waals surface area contributed by atoms with Gasteiger partial charge in [0.2, 0.25) is 10.4 Å². The lowest BCUT2D eigenvalue weighted by Gasteiger charge is -2.25. The van der Waals surface area contributed by atoms with E-state index in [1.165, 1.54) is 24.4 Å². The summed E-state index contributed by atoms with van der Waals surface area (Å²) in [5.41, 5.74) is 1.19. The van der Waals surface area contributed by atoms with Gasteiger partial charge < -0.3 is 14.2 Å². The Labute approximate surface area is 125 Å². The van der Waals surface area contributed by atoms with E-state index in [1.54, 1.807) is 6.08 Å². The number of nitrogens with zero attached hydrogens (tertiary/aromatic N) is 4. The molecule has 0 N–H and O–H groups in total. The van der Waals surface area contributed by atoms with Crippen LogP contribution in [0.25, 0.3) is 5.57 Å². The summed E-state index contributed by atoms with van der Waals surface area (Å²) in [6.07, 6.45) is 4.71. The highest BCUT2D eigenvalue weighted by Gasteiger charge is 2.44. The summed E-state index contributed by atoms with van der Waals surface area (Å²) in [5.74, 6) is 0. The Balaban J connectivity index is 1.92. The first-order chi connectivity index (χ1) is 10.4. The van der Waals surface area contributed by atoms with Gasteiger partial charge >= 0.3 is 12.0 Å². The topological polar surface area (TPSA) is 125 Å². The molecule has 118 valence electrons. The summed E-state index contributed by atoms with van der Waals surface area (Å²) in [6, 6.07) is -1.22. The molecule has 22 heavy (non-hydrogen) atoms. The number of carbonyl (C=O) groups is 1. The van der Waals surface area contributed by atoms with E-state index in [0.29, 0.717) is 16.2 Å². The molecule has 2 aliphatic heterocycles. The van der Waals surface area contributed by atoms with Crippen molar-refractivity contribution in [1.82, 2.24) is 19.9 Å². The van der Waals surface area contributed by atoms with Gasteiger partial charge in [0, 0.05) is 24.5 Å². The third-order valence-corrected chi connectivity index (χ3v) is 3.68. The minimum Gasteiger partial charge on any atom is -0.724 e. The van der Waals surface area contributed by atoms with Gasteiger partial charge in [-0.25, -0.2) is 23.2 Å². The van der Waals surface area contributed by atoms with Crippen molar-refractivity contribution in [2.24, 2.45) is 0 Å². The zero-order valence-corrected chi connectivity index (χ0v) is 12.2. The van der Waals surface area contributed by atoms with Gasteiger partial charge in [0.25, 0.3) is 0 Å². The maximum atomic E-state index is 12.0. The third kappa shape index (κ3) is 2.61. The van der Waals surface area contributed by atoms with Crippen molar-refractivity contribution in [3.05, 3.63) is 24.0 Å². The fourth-order valence-corrected chi connectivity index (χ4v) is 2.78. The highest BCUT2D eigenvalue weighted by Crippen LogP contribution is 2.32. The Morgan fingerprint density at radius 2 is 2.05 bits per heavy atom. The molecule has 3 heterocycles. The predicted molar refractivity (Wildman–Crippen MR) is 69.9 cm³/mol. The Hall–Kier alpha value is -2.24. The van der Waals surface area contributed by atoms with Crippen LogP contribution in [0.3, 0.4) is 0 Å². The number of methoxy groups -OCH3 is 1. The Morgan fingerprint density at radius 1 is 1.36 bits per heavy atom. The minimum atomic E-state index is -5.05. The van der Waals surface area contributed by atoms with Crippen LogP contribution in [0, 0.1) is 0 Å². The van der Waals surface area contributed by atoms with Crippen LogP contribution in [0.15, 0.2) is 18.5 Å². The normalized spacial score (nSPS) is 21.1. The Bertz CT molecular complexity index is 731. The van der Waals surface area contributed by atoms with Crippen LogP contribution in [0.5, 0.6) is 6.01 Å². The van der Waals surface area contributed by atoms with Gasteiger partial charge in [-0.15, -0.1) is 0 Å². The fraction of sp³-hybridized carbons (Fsp3) is 0.364. The van der Waals surface area contributed by atoms with Crippen LogP contribution in [0.2, 0.25) is 0 Å². The first-order valence-electron chi connectivity index (χ1n) is 6.19. The number of hydroxylamine groups is 2. The van der Waals surface area contributed by atoms with E-state index in [2.05, 4.69) is 14.3 Å². The van der Waals surface area contributed by atoms with Crippen molar-refractivity contribution < 1.29 is 26.8 Å². The number of carbonyl (C=O) groups excluding carboxylic acids is 1. The molecule has 0 aromatic carbocycles. The van der Waals surface area contributed by atoms with E-state index >= 15 is 0 Å². The average molecular weight is 327 g/mol. The molecule has 0 radical (unpaired) electrons. The maximum absolute atomic E-state index is 12.0. The molecule has 1 fully saturated rings. The van der Waals surface area contributed by atoms with Gasteiger partial charge in [-0.2, -0.15) is 9.35 Å². The summed E-state index contributed by atoms with van der Waals surface area (Å²) in [7, 11) is -3.62. The van der Waals surface area contributed by atoms with Crippen molar-refractivity contribution in [3.8, 4) is 6.01 Å². The second-order valence-corrected chi connectivity index (χ2v) is 5.60. The smallest absolute Gasteiger partial charge is 0.346 e. The lowest BCUT2D eigenvalue weighted by molar-refractivity contribution is -0.0171. The van der Waals surface area contributed by atoms with Crippen molar-refractivity contribution >= 4 is 22.0 Å². The van der Waals surface area contributed by atoms with Gasteiger partial charge in [0.15, 0.2) is 0 Å². The first-order valence-corrected chi connectivity index (χ1v) is 7.52. The molecule has 1 atom stereocenters. The number of urea groups is 1. The molecule has 1 aromatic heterocycles. The predicted octanol–water partition coefficient (Wildman–Crippen LogP) is -0.620. The van der Waals surface area contributed by atoms with E-state index in [4.69, 9.17) is 4.74 Å². The van der Waals surface area contributed by atoms with Gasteiger partial charge in [-0.1, -0.05) is 6.08 Å². The number of amides is 2. The summed E-state index contributed by atoms with van der Waals surface area (Å²) < 4.78 is 41.5. The molecule has 2 amide bonds. The van der Waals surface area contributed by atoms with Gasteiger partial charge in [-0.3, -0.25) is 0 Å². The van der Waals surface area contributed by atoms with Gasteiger partial charge in [-0.05, 0) is 5.57 Å².